The SMILES string of the molecule is CC1CC(NS(=O)(=O)N2CCOC2=O)CC1c1cnc2cnc3c(ccn3COCC[Si](C)(C)C)n12. The van der Waals surface area contributed by atoms with Crippen LogP contribution in [0.25, 0.3) is 16.8 Å². The second-order valence-electron chi connectivity index (χ2n) is 11.0. The van der Waals surface area contributed by atoms with E-state index in [4.69, 9.17) is 9.47 Å². The first-order valence-corrected chi connectivity index (χ1v) is 17.5. The Morgan fingerprint density at radius 3 is 2.75 bits per heavy atom. The van der Waals surface area contributed by atoms with Crippen LogP contribution in [-0.4, -0.2) is 71.6 Å². The van der Waals surface area contributed by atoms with E-state index in [0.29, 0.717) is 19.6 Å². The molecule has 1 aliphatic heterocycles. The molecule has 1 saturated heterocycles. The molecule has 0 spiro atoms. The molecule has 3 aromatic heterocycles. The molecule has 1 saturated carbocycles. The molecule has 3 atom stereocenters. The molecular formula is C23H34N6O5SSi. The number of rotatable bonds is 9. The van der Waals surface area contributed by atoms with Gasteiger partial charge in [-0.15, -0.1) is 0 Å². The number of carbonyl (C=O) groups is 1. The fraction of sp³-hybridized carbons (Fsp3) is 0.609. The Morgan fingerprint density at radius 1 is 1.22 bits per heavy atom. The van der Waals surface area contributed by atoms with Gasteiger partial charge in [0.05, 0.1) is 18.3 Å². The largest absolute Gasteiger partial charge is 0.447 e. The van der Waals surface area contributed by atoms with Crippen LogP contribution in [0.5, 0.6) is 0 Å². The summed E-state index contributed by atoms with van der Waals surface area (Å²) in [6, 6.07) is 2.86. The molecule has 2 fully saturated rings. The molecule has 1 N–H and O–H groups in total. The van der Waals surface area contributed by atoms with Crippen molar-refractivity contribution in [1.29, 1.82) is 0 Å². The molecule has 3 unspecified atom stereocenters. The van der Waals surface area contributed by atoms with Crippen molar-refractivity contribution >= 4 is 41.2 Å². The van der Waals surface area contributed by atoms with E-state index in [9.17, 15) is 13.2 Å². The van der Waals surface area contributed by atoms with Crippen molar-refractivity contribution in [2.75, 3.05) is 19.8 Å². The second kappa shape index (κ2) is 9.43. The summed E-state index contributed by atoms with van der Waals surface area (Å²) in [4.78, 5) is 21.0. The van der Waals surface area contributed by atoms with Crippen molar-refractivity contribution < 1.29 is 22.7 Å². The van der Waals surface area contributed by atoms with Gasteiger partial charge >= 0.3 is 16.3 Å². The first kappa shape index (κ1) is 25.2. The van der Waals surface area contributed by atoms with E-state index in [1.807, 2.05) is 23.0 Å². The lowest BCUT2D eigenvalue weighted by atomic mass is 9.95. The van der Waals surface area contributed by atoms with Gasteiger partial charge in [0.2, 0.25) is 0 Å². The van der Waals surface area contributed by atoms with Gasteiger partial charge in [0, 0.05) is 44.7 Å². The lowest BCUT2D eigenvalue weighted by molar-refractivity contribution is 0.0899. The molecule has 0 aromatic carbocycles. The number of cyclic esters (lactones) is 1. The quantitative estimate of drug-likeness (QED) is 0.331. The smallest absolute Gasteiger partial charge is 0.424 e. The summed E-state index contributed by atoms with van der Waals surface area (Å²) in [6.45, 7) is 10.4. The Bertz CT molecular complexity index is 1380. The molecule has 11 nitrogen and oxygen atoms in total. The number of aromatic nitrogens is 4. The van der Waals surface area contributed by atoms with Gasteiger partial charge in [0.15, 0.2) is 11.3 Å². The minimum Gasteiger partial charge on any atom is -0.447 e. The number of carbonyl (C=O) groups excluding carboxylic acids is 1. The van der Waals surface area contributed by atoms with Gasteiger partial charge in [-0.1, -0.05) is 26.6 Å². The minimum absolute atomic E-state index is 0.0386. The molecule has 196 valence electrons. The van der Waals surface area contributed by atoms with E-state index in [1.54, 1.807) is 6.20 Å². The number of nitrogens with zero attached hydrogens (tertiary/aromatic N) is 5. The van der Waals surface area contributed by atoms with E-state index in [-0.39, 0.29) is 31.0 Å². The maximum Gasteiger partial charge on any atom is 0.424 e. The Hall–Kier alpha value is -2.48. The Kier molecular flexibility index (Phi) is 6.60. The monoisotopic (exact) mass is 534 g/mol. The summed E-state index contributed by atoms with van der Waals surface area (Å²) >= 11 is 0. The molecule has 13 heteroatoms. The number of hydrogen-bond acceptors (Lipinski definition) is 7. The minimum atomic E-state index is -3.94. The summed E-state index contributed by atoms with van der Waals surface area (Å²) < 4.78 is 43.8. The van der Waals surface area contributed by atoms with E-state index in [0.717, 1.165) is 39.5 Å². The van der Waals surface area contributed by atoms with Crippen molar-refractivity contribution in [2.24, 2.45) is 5.92 Å². The van der Waals surface area contributed by atoms with Gasteiger partial charge in [0.25, 0.3) is 0 Å². The summed E-state index contributed by atoms with van der Waals surface area (Å²) in [7, 11) is -5.09. The van der Waals surface area contributed by atoms with Crippen molar-refractivity contribution in [1.82, 2.24) is 28.0 Å². The number of hydrogen-bond donors (Lipinski definition) is 1. The zero-order valence-electron chi connectivity index (χ0n) is 21.2. The molecule has 2 aliphatic rings. The predicted molar refractivity (Wildman–Crippen MR) is 138 cm³/mol. The summed E-state index contributed by atoms with van der Waals surface area (Å²) in [5.41, 5.74) is 3.56. The molecule has 1 aliphatic carbocycles. The first-order chi connectivity index (χ1) is 17.0. The summed E-state index contributed by atoms with van der Waals surface area (Å²) in [6.07, 6.45) is 6.08. The molecule has 5 rings (SSSR count). The van der Waals surface area contributed by atoms with E-state index >= 15 is 0 Å². The highest BCUT2D eigenvalue weighted by atomic mass is 32.2. The van der Waals surface area contributed by atoms with Gasteiger partial charge in [-0.3, -0.25) is 4.40 Å². The van der Waals surface area contributed by atoms with Gasteiger partial charge in [-0.25, -0.2) is 14.8 Å². The van der Waals surface area contributed by atoms with Crippen molar-refractivity contribution in [2.45, 2.75) is 64.1 Å². The molecule has 1 amide bonds. The van der Waals surface area contributed by atoms with Crippen LogP contribution in [0, 0.1) is 5.92 Å². The summed E-state index contributed by atoms with van der Waals surface area (Å²) in [5, 5.41) is 0. The molecule has 4 heterocycles. The highest BCUT2D eigenvalue weighted by Gasteiger charge is 2.40. The average Bonchev–Trinajstić information content (AvgIpc) is 3.56. The number of amides is 1. The number of nitrogens with one attached hydrogen (secondary N) is 1. The third-order valence-electron chi connectivity index (χ3n) is 7.09. The standard InChI is InChI=1S/C23H34N6O5SSi/c1-16-11-17(26-35(31,32)28-7-8-34-23(28)30)12-18(16)20-13-24-21-14-25-22-19(29(20)21)5-6-27(22)15-33-9-10-36(2,3)4/h5-6,13-14,16-18,26H,7-12,15H2,1-4H3. The van der Waals surface area contributed by atoms with Gasteiger partial charge < -0.3 is 14.0 Å². The lowest BCUT2D eigenvalue weighted by Crippen LogP contribution is -2.45. The van der Waals surface area contributed by atoms with Crippen molar-refractivity contribution in [3.8, 4) is 0 Å². The fourth-order valence-electron chi connectivity index (χ4n) is 5.16. The highest BCUT2D eigenvalue weighted by molar-refractivity contribution is 7.87. The number of fused-ring (bicyclic) bond motifs is 3. The van der Waals surface area contributed by atoms with E-state index in [1.165, 1.54) is 0 Å². The lowest BCUT2D eigenvalue weighted by Gasteiger charge is -2.18. The topological polar surface area (TPSA) is 120 Å². The normalized spacial score (nSPS) is 23.3. The van der Waals surface area contributed by atoms with Crippen molar-refractivity contribution in [3.63, 3.8) is 0 Å². The Morgan fingerprint density at radius 2 is 2.03 bits per heavy atom. The van der Waals surface area contributed by atoms with Crippen LogP contribution in [0.2, 0.25) is 25.7 Å². The Balaban J connectivity index is 1.35. The first-order valence-electron chi connectivity index (χ1n) is 12.4. The van der Waals surface area contributed by atoms with Crippen LogP contribution < -0.4 is 4.72 Å². The van der Waals surface area contributed by atoms with Crippen LogP contribution in [0.1, 0.15) is 31.4 Å². The van der Waals surface area contributed by atoms with Crippen LogP contribution in [0.4, 0.5) is 4.79 Å². The highest BCUT2D eigenvalue weighted by Crippen LogP contribution is 2.40. The van der Waals surface area contributed by atoms with Gasteiger partial charge in [0.1, 0.15) is 13.3 Å². The van der Waals surface area contributed by atoms with E-state index < -0.39 is 24.4 Å². The number of ether oxygens (including phenoxy) is 2. The summed E-state index contributed by atoms with van der Waals surface area (Å²) in [5.74, 6) is 0.318. The fourth-order valence-corrected chi connectivity index (χ4v) is 7.22. The van der Waals surface area contributed by atoms with Crippen molar-refractivity contribution in [3.05, 3.63) is 30.4 Å². The van der Waals surface area contributed by atoms with Crippen LogP contribution in [0.15, 0.2) is 24.7 Å². The van der Waals surface area contributed by atoms with Gasteiger partial charge in [-0.2, -0.15) is 17.4 Å². The molecule has 0 bridgehead atoms. The van der Waals surface area contributed by atoms with E-state index in [2.05, 4.69) is 45.7 Å². The van der Waals surface area contributed by atoms with Crippen LogP contribution in [0.3, 0.4) is 0 Å². The Labute approximate surface area is 212 Å². The average molecular weight is 535 g/mol. The molecule has 3 aromatic rings. The van der Waals surface area contributed by atoms with Crippen LogP contribution >= 0.6 is 0 Å². The third kappa shape index (κ3) is 4.88. The molecule has 36 heavy (non-hydrogen) atoms. The second-order valence-corrected chi connectivity index (χ2v) is 18.3. The van der Waals surface area contributed by atoms with Crippen LogP contribution in [-0.2, 0) is 26.4 Å². The maximum atomic E-state index is 12.7. The zero-order chi connectivity index (χ0) is 25.7. The zero-order valence-corrected chi connectivity index (χ0v) is 23.0. The number of imidazole rings is 1. The third-order valence-corrected chi connectivity index (χ3v) is 10.3. The maximum absolute atomic E-state index is 12.7. The predicted octanol–water partition coefficient (Wildman–Crippen LogP) is 3.17. The molecule has 0 radical (unpaired) electrons. The molecular weight excluding hydrogens is 500 g/mol. The van der Waals surface area contributed by atoms with Gasteiger partial charge in [-0.05, 0) is 30.9 Å².